The molecule has 92 valence electrons. The molecule has 1 heterocycles. The maximum Gasteiger partial charge on any atom is 0.163 e. The van der Waals surface area contributed by atoms with Crippen molar-refractivity contribution in [3.63, 3.8) is 0 Å². The van der Waals surface area contributed by atoms with Gasteiger partial charge in [-0.3, -0.25) is 4.79 Å². The van der Waals surface area contributed by atoms with Gasteiger partial charge >= 0.3 is 0 Å². The van der Waals surface area contributed by atoms with Gasteiger partial charge in [-0.2, -0.15) is 0 Å². The molecular weight excluding hydrogens is 236 g/mol. The number of carbonyl (C=O) groups excluding carboxylic acids is 1. The molecule has 1 aromatic rings. The third-order valence-electron chi connectivity index (χ3n) is 3.29. The monoisotopic (exact) mass is 252 g/mol. The zero-order valence-electron chi connectivity index (χ0n) is 10.0. The van der Waals surface area contributed by atoms with Crippen molar-refractivity contribution < 1.29 is 9.53 Å². The van der Waals surface area contributed by atoms with Crippen molar-refractivity contribution in [2.45, 2.75) is 38.7 Å². The highest BCUT2D eigenvalue weighted by Gasteiger charge is 2.18. The number of rotatable bonds is 4. The predicted octanol–water partition coefficient (Wildman–Crippen LogP) is 3.79. The Morgan fingerprint density at radius 3 is 3.06 bits per heavy atom. The van der Waals surface area contributed by atoms with Gasteiger partial charge < -0.3 is 4.74 Å². The summed E-state index contributed by atoms with van der Waals surface area (Å²) in [7, 11) is 0. The Bertz CT molecular complexity index is 409. The third-order valence-corrected chi connectivity index (χ3v) is 3.69. The molecule has 0 N–H and O–H groups in total. The molecule has 3 heteroatoms. The second-order valence-corrected chi connectivity index (χ2v) is 4.92. The van der Waals surface area contributed by atoms with Crippen LogP contribution in [-0.2, 0) is 4.74 Å². The van der Waals surface area contributed by atoms with Crippen LogP contribution in [0, 0.1) is 6.92 Å². The number of ether oxygens (including phenoxy) is 1. The largest absolute Gasteiger partial charge is 0.378 e. The summed E-state index contributed by atoms with van der Waals surface area (Å²) < 4.78 is 5.51. The lowest BCUT2D eigenvalue weighted by Gasteiger charge is -2.10. The van der Waals surface area contributed by atoms with Gasteiger partial charge in [-0.15, -0.1) is 0 Å². The van der Waals surface area contributed by atoms with E-state index in [0.29, 0.717) is 11.4 Å². The Balaban J connectivity index is 1.97. The van der Waals surface area contributed by atoms with Crippen LogP contribution in [0.15, 0.2) is 18.2 Å². The highest BCUT2D eigenvalue weighted by Crippen LogP contribution is 2.22. The molecule has 0 amide bonds. The van der Waals surface area contributed by atoms with Gasteiger partial charge in [-0.05, 0) is 37.8 Å². The minimum absolute atomic E-state index is 0.167. The van der Waals surface area contributed by atoms with E-state index in [9.17, 15) is 4.79 Å². The quantitative estimate of drug-likeness (QED) is 0.762. The van der Waals surface area contributed by atoms with Crippen molar-refractivity contribution in [2.24, 2.45) is 0 Å². The Labute approximate surface area is 107 Å². The first-order chi connectivity index (χ1) is 8.18. The van der Waals surface area contributed by atoms with E-state index in [4.69, 9.17) is 16.3 Å². The molecule has 1 fully saturated rings. The fourth-order valence-corrected chi connectivity index (χ4v) is 2.38. The Morgan fingerprint density at radius 1 is 1.53 bits per heavy atom. The van der Waals surface area contributed by atoms with Crippen LogP contribution in [0.3, 0.4) is 0 Å². The second kappa shape index (κ2) is 5.65. The summed E-state index contributed by atoms with van der Waals surface area (Å²) in [6.07, 6.45) is 3.85. The van der Waals surface area contributed by atoms with Crippen LogP contribution in [0.4, 0.5) is 0 Å². The molecule has 1 saturated heterocycles. The number of ketones is 1. The van der Waals surface area contributed by atoms with Crippen LogP contribution < -0.4 is 0 Å². The topological polar surface area (TPSA) is 26.3 Å². The van der Waals surface area contributed by atoms with Gasteiger partial charge in [0.25, 0.3) is 0 Å². The van der Waals surface area contributed by atoms with Crippen LogP contribution in [0.25, 0.3) is 0 Å². The molecule has 1 aliphatic heterocycles. The van der Waals surface area contributed by atoms with Gasteiger partial charge in [-0.25, -0.2) is 0 Å². The number of hydrogen-bond donors (Lipinski definition) is 0. The summed E-state index contributed by atoms with van der Waals surface area (Å²) in [5.41, 5.74) is 1.63. The Kier molecular flexibility index (Phi) is 4.19. The lowest BCUT2D eigenvalue weighted by molar-refractivity contribution is 0.0859. The maximum atomic E-state index is 12.1. The molecule has 0 aliphatic carbocycles. The summed E-state index contributed by atoms with van der Waals surface area (Å²) in [5, 5.41) is 0.660. The minimum Gasteiger partial charge on any atom is -0.378 e. The first-order valence-electron chi connectivity index (χ1n) is 6.08. The van der Waals surface area contributed by atoms with Crippen LogP contribution in [0.2, 0.25) is 5.02 Å². The van der Waals surface area contributed by atoms with E-state index >= 15 is 0 Å². The van der Waals surface area contributed by atoms with Crippen LogP contribution in [-0.4, -0.2) is 18.5 Å². The van der Waals surface area contributed by atoms with E-state index in [-0.39, 0.29) is 11.9 Å². The fourth-order valence-electron chi connectivity index (χ4n) is 2.21. The van der Waals surface area contributed by atoms with Gasteiger partial charge in [0.15, 0.2) is 5.78 Å². The van der Waals surface area contributed by atoms with Crippen molar-refractivity contribution in [1.82, 2.24) is 0 Å². The van der Waals surface area contributed by atoms with Crippen molar-refractivity contribution in [3.05, 3.63) is 34.3 Å². The molecule has 0 spiro atoms. The van der Waals surface area contributed by atoms with E-state index in [0.717, 1.165) is 37.0 Å². The zero-order chi connectivity index (χ0) is 12.3. The summed E-state index contributed by atoms with van der Waals surface area (Å²) >= 11 is 6.01. The molecular formula is C14H17ClO2. The standard InChI is InChI=1S/C14H17ClO2/c1-10-12(5-2-6-13(10)15)14(16)8-7-11-4-3-9-17-11/h2,5-6,11H,3-4,7-9H2,1H3. The summed E-state index contributed by atoms with van der Waals surface area (Å²) in [6.45, 7) is 2.73. The fraction of sp³-hybridized carbons (Fsp3) is 0.500. The van der Waals surface area contributed by atoms with Crippen LogP contribution in [0.5, 0.6) is 0 Å². The molecule has 0 radical (unpaired) electrons. The smallest absolute Gasteiger partial charge is 0.163 e. The maximum absolute atomic E-state index is 12.1. The minimum atomic E-state index is 0.167. The van der Waals surface area contributed by atoms with Crippen molar-refractivity contribution >= 4 is 17.4 Å². The number of Topliss-reactive ketones (excluding diaryl/α,β-unsaturated/α-hetero) is 1. The van der Waals surface area contributed by atoms with Gasteiger partial charge in [0.05, 0.1) is 6.10 Å². The van der Waals surface area contributed by atoms with Crippen molar-refractivity contribution in [1.29, 1.82) is 0 Å². The van der Waals surface area contributed by atoms with E-state index in [1.807, 2.05) is 25.1 Å². The summed E-state index contributed by atoms with van der Waals surface area (Å²) in [4.78, 5) is 12.1. The molecule has 17 heavy (non-hydrogen) atoms. The van der Waals surface area contributed by atoms with E-state index in [2.05, 4.69) is 0 Å². The predicted molar refractivity (Wildman–Crippen MR) is 68.7 cm³/mol. The Morgan fingerprint density at radius 2 is 2.35 bits per heavy atom. The molecule has 1 unspecified atom stereocenters. The van der Waals surface area contributed by atoms with Gasteiger partial charge in [0.1, 0.15) is 0 Å². The normalized spacial score (nSPS) is 19.5. The van der Waals surface area contributed by atoms with E-state index in [1.165, 1.54) is 0 Å². The van der Waals surface area contributed by atoms with Gasteiger partial charge in [0.2, 0.25) is 0 Å². The van der Waals surface area contributed by atoms with Gasteiger partial charge in [0, 0.05) is 23.6 Å². The Hall–Kier alpha value is -0.860. The highest BCUT2D eigenvalue weighted by molar-refractivity contribution is 6.31. The number of hydrogen-bond acceptors (Lipinski definition) is 2. The average Bonchev–Trinajstić information content (AvgIpc) is 2.82. The first-order valence-corrected chi connectivity index (χ1v) is 6.46. The van der Waals surface area contributed by atoms with Crippen LogP contribution in [0.1, 0.15) is 41.6 Å². The summed E-state index contributed by atoms with van der Waals surface area (Å²) in [5.74, 6) is 0.167. The highest BCUT2D eigenvalue weighted by atomic mass is 35.5. The van der Waals surface area contributed by atoms with Crippen molar-refractivity contribution in [3.8, 4) is 0 Å². The lowest BCUT2D eigenvalue weighted by atomic mass is 9.99. The first kappa shape index (κ1) is 12.6. The number of benzene rings is 1. The van der Waals surface area contributed by atoms with E-state index in [1.54, 1.807) is 0 Å². The zero-order valence-corrected chi connectivity index (χ0v) is 10.8. The molecule has 0 bridgehead atoms. The molecule has 2 rings (SSSR count). The molecule has 0 aromatic heterocycles. The summed E-state index contributed by atoms with van der Waals surface area (Å²) in [6, 6.07) is 5.49. The molecule has 1 aliphatic rings. The molecule has 1 aromatic carbocycles. The average molecular weight is 253 g/mol. The molecule has 0 saturated carbocycles. The molecule has 2 nitrogen and oxygen atoms in total. The number of carbonyl (C=O) groups is 1. The van der Waals surface area contributed by atoms with Crippen molar-refractivity contribution in [2.75, 3.05) is 6.61 Å². The molecule has 1 atom stereocenters. The SMILES string of the molecule is Cc1c(Cl)cccc1C(=O)CCC1CCCO1. The third kappa shape index (κ3) is 3.08. The van der Waals surface area contributed by atoms with Gasteiger partial charge in [-0.1, -0.05) is 23.7 Å². The van der Waals surface area contributed by atoms with E-state index < -0.39 is 0 Å². The second-order valence-electron chi connectivity index (χ2n) is 4.51. The number of halogens is 1. The van der Waals surface area contributed by atoms with Crippen LogP contribution >= 0.6 is 11.6 Å². The lowest BCUT2D eigenvalue weighted by Crippen LogP contribution is -2.09.